The number of halogens is 6. The molecule has 0 bridgehead atoms. The van der Waals surface area contributed by atoms with Crippen LogP contribution in [0.5, 0.6) is 0 Å². The van der Waals surface area contributed by atoms with Gasteiger partial charge in [-0.05, 0) is 18.3 Å². The van der Waals surface area contributed by atoms with Gasteiger partial charge in [-0.3, -0.25) is 9.59 Å². The summed E-state index contributed by atoms with van der Waals surface area (Å²) in [5, 5.41) is 19.4. The highest BCUT2D eigenvalue weighted by Crippen LogP contribution is 2.37. The number of hydrogen-bond acceptors (Lipinski definition) is 8. The summed E-state index contributed by atoms with van der Waals surface area (Å²) in [5.41, 5.74) is 0. The lowest BCUT2D eigenvalue weighted by Crippen LogP contribution is -2.32. The van der Waals surface area contributed by atoms with E-state index in [-0.39, 0.29) is 35.4 Å². The maximum absolute atomic E-state index is 12.1. The molecule has 2 N–H and O–H groups in total. The van der Waals surface area contributed by atoms with Gasteiger partial charge < -0.3 is 19.5 Å². The summed E-state index contributed by atoms with van der Waals surface area (Å²) in [6, 6.07) is 0. The molecule has 0 aliphatic carbocycles. The van der Waals surface area contributed by atoms with E-state index in [0.29, 0.717) is 19.5 Å². The van der Waals surface area contributed by atoms with Crippen molar-refractivity contribution in [1.29, 1.82) is 0 Å². The smallest absolute Gasteiger partial charge is 0.308 e. The van der Waals surface area contributed by atoms with E-state index in [1.165, 1.54) is 0 Å². The van der Waals surface area contributed by atoms with Crippen LogP contribution >= 0.6 is 69.6 Å². The zero-order valence-corrected chi connectivity index (χ0v) is 20.5. The van der Waals surface area contributed by atoms with Crippen LogP contribution in [-0.4, -0.2) is 45.3 Å². The van der Waals surface area contributed by atoms with Gasteiger partial charge in [0, 0.05) is 13.1 Å². The van der Waals surface area contributed by atoms with Gasteiger partial charge in [0.2, 0.25) is 0 Å². The first-order valence-corrected chi connectivity index (χ1v) is 10.9. The molecule has 0 radical (unpaired) electrons. The topological polar surface area (TPSA) is 136 Å². The fourth-order valence-electron chi connectivity index (χ4n) is 2.40. The van der Waals surface area contributed by atoms with Crippen LogP contribution in [0.25, 0.3) is 0 Å². The van der Waals surface area contributed by atoms with E-state index >= 15 is 0 Å². The summed E-state index contributed by atoms with van der Waals surface area (Å²) in [7, 11) is 0. The Morgan fingerprint density at radius 2 is 1.13 bits per heavy atom. The van der Waals surface area contributed by atoms with Gasteiger partial charge in [0.15, 0.2) is 0 Å². The highest BCUT2D eigenvalue weighted by atomic mass is 35.6. The minimum Gasteiger partial charge on any atom is -0.412 e. The van der Waals surface area contributed by atoms with Crippen molar-refractivity contribution in [3.05, 3.63) is 23.6 Å². The normalized spacial score (nSPS) is 14.2. The fraction of sp³-hybridized carbons (Fsp3) is 0.600. The molecule has 10 nitrogen and oxygen atoms in total. The number of alkyl halides is 6. The van der Waals surface area contributed by atoms with Crippen molar-refractivity contribution in [2.24, 2.45) is 11.8 Å². The van der Waals surface area contributed by atoms with E-state index < -0.39 is 19.4 Å². The van der Waals surface area contributed by atoms with Crippen LogP contribution < -0.4 is 10.6 Å². The summed E-state index contributed by atoms with van der Waals surface area (Å²) in [4.78, 5) is 24.1. The Kier molecular flexibility index (Phi) is 9.06. The average molecular weight is 557 g/mol. The molecule has 16 heteroatoms. The van der Waals surface area contributed by atoms with E-state index in [1.54, 1.807) is 0 Å². The van der Waals surface area contributed by atoms with Crippen LogP contribution in [0.15, 0.2) is 8.83 Å². The molecule has 0 aliphatic rings. The molecule has 31 heavy (non-hydrogen) atoms. The largest absolute Gasteiger partial charge is 0.412 e. The Bertz CT molecular complexity index is 836. The molecule has 2 unspecified atom stereocenters. The predicted molar refractivity (Wildman–Crippen MR) is 115 cm³/mol. The Balaban J connectivity index is 1.75. The monoisotopic (exact) mass is 554 g/mol. The third kappa shape index (κ3) is 8.11. The van der Waals surface area contributed by atoms with Gasteiger partial charge in [-0.25, -0.2) is 0 Å². The number of carbonyl (C=O) groups is 2. The second-order valence-electron chi connectivity index (χ2n) is 6.69. The summed E-state index contributed by atoms with van der Waals surface area (Å²) in [5.74, 6) is -2.31. The van der Waals surface area contributed by atoms with E-state index in [9.17, 15) is 9.59 Å². The predicted octanol–water partition coefficient (Wildman–Crippen LogP) is 3.93. The minimum atomic E-state index is -1.91. The number of carbonyl (C=O) groups excluding carboxylic acids is 2. The SMILES string of the molecule is CC(CNC(=O)c1nnc(C(Cl)(Cl)Cl)o1)CC(C)CNC(=O)c1nnc(C(Cl)(Cl)Cl)o1. The second-order valence-corrected chi connectivity index (χ2v) is 11.2. The molecule has 0 saturated heterocycles. The van der Waals surface area contributed by atoms with Crippen molar-refractivity contribution in [2.45, 2.75) is 27.9 Å². The lowest BCUT2D eigenvalue weighted by molar-refractivity contribution is 0.0909. The molecular weight excluding hydrogens is 541 g/mol. The van der Waals surface area contributed by atoms with Gasteiger partial charge in [0.1, 0.15) is 0 Å². The van der Waals surface area contributed by atoms with E-state index in [4.69, 9.17) is 78.4 Å². The Hall–Kier alpha value is -1.04. The van der Waals surface area contributed by atoms with Crippen molar-refractivity contribution in [3.63, 3.8) is 0 Å². The molecule has 2 aromatic heterocycles. The molecule has 172 valence electrons. The van der Waals surface area contributed by atoms with Crippen LogP contribution in [0.2, 0.25) is 0 Å². The summed E-state index contributed by atoms with van der Waals surface area (Å²) < 4.78 is 6.23. The highest BCUT2D eigenvalue weighted by Gasteiger charge is 2.32. The van der Waals surface area contributed by atoms with Crippen LogP contribution in [-0.2, 0) is 7.59 Å². The number of nitrogens with one attached hydrogen (secondary N) is 2. The first kappa shape index (κ1) is 26.2. The summed E-state index contributed by atoms with van der Waals surface area (Å²) in [6.07, 6.45) is 0.674. The molecule has 0 aromatic carbocycles. The molecule has 0 fully saturated rings. The third-order valence-corrected chi connectivity index (χ3v) is 4.72. The van der Waals surface area contributed by atoms with Crippen molar-refractivity contribution >= 4 is 81.4 Å². The van der Waals surface area contributed by atoms with Crippen LogP contribution in [0.4, 0.5) is 0 Å². The molecule has 2 heterocycles. The molecule has 2 amide bonds. The Labute approximate surface area is 206 Å². The van der Waals surface area contributed by atoms with Crippen LogP contribution in [0.1, 0.15) is 53.4 Å². The molecule has 0 saturated carbocycles. The Morgan fingerprint density at radius 3 is 1.42 bits per heavy atom. The van der Waals surface area contributed by atoms with Crippen LogP contribution in [0.3, 0.4) is 0 Å². The van der Waals surface area contributed by atoms with Crippen molar-refractivity contribution in [1.82, 2.24) is 31.0 Å². The van der Waals surface area contributed by atoms with Gasteiger partial charge in [-0.2, -0.15) is 0 Å². The molecule has 0 spiro atoms. The van der Waals surface area contributed by atoms with Gasteiger partial charge in [0.25, 0.3) is 19.4 Å². The quantitative estimate of drug-likeness (QED) is 0.467. The van der Waals surface area contributed by atoms with Gasteiger partial charge >= 0.3 is 23.6 Å². The number of rotatable bonds is 8. The maximum Gasteiger partial charge on any atom is 0.308 e. The fourth-order valence-corrected chi connectivity index (χ4v) is 2.86. The molecule has 2 rings (SSSR count). The highest BCUT2D eigenvalue weighted by molar-refractivity contribution is 6.66. The van der Waals surface area contributed by atoms with Crippen molar-refractivity contribution in [3.8, 4) is 0 Å². The molecular formula is C15H16Cl6N6O4. The van der Waals surface area contributed by atoms with Crippen LogP contribution in [0, 0.1) is 11.8 Å². The third-order valence-electron chi connectivity index (χ3n) is 3.75. The average Bonchev–Trinajstić information content (AvgIpc) is 3.33. The van der Waals surface area contributed by atoms with Crippen molar-refractivity contribution in [2.75, 3.05) is 13.1 Å². The van der Waals surface area contributed by atoms with E-state index in [1.807, 2.05) is 13.8 Å². The lowest BCUT2D eigenvalue weighted by Gasteiger charge is -2.17. The van der Waals surface area contributed by atoms with Crippen molar-refractivity contribution < 1.29 is 18.4 Å². The summed E-state index contributed by atoms with van der Waals surface area (Å²) >= 11 is 33.7. The molecule has 2 atom stereocenters. The molecule has 0 aliphatic heterocycles. The second kappa shape index (κ2) is 10.7. The zero-order valence-electron chi connectivity index (χ0n) is 16.0. The number of aromatic nitrogens is 4. The first-order chi connectivity index (χ1) is 14.3. The summed E-state index contributed by atoms with van der Waals surface area (Å²) in [6.45, 7) is 4.48. The van der Waals surface area contributed by atoms with Gasteiger partial charge in [-0.1, -0.05) is 83.5 Å². The number of nitrogens with zero attached hydrogens (tertiary/aromatic N) is 4. The van der Waals surface area contributed by atoms with Gasteiger partial charge in [0.05, 0.1) is 0 Å². The number of amides is 2. The standard InChI is InChI=1S/C15H16Cl6N6O4/c1-6(4-22-8(28)10-24-26-12(30-10)14(16,17)18)3-7(2)5-23-9(29)11-25-27-13(31-11)15(19,20)21/h6-7H,3-5H2,1-2H3,(H,22,28)(H,23,29). The molecule has 2 aromatic rings. The zero-order chi connectivity index (χ0) is 23.4. The maximum atomic E-state index is 12.1. The van der Waals surface area contributed by atoms with E-state index in [2.05, 4.69) is 31.0 Å². The van der Waals surface area contributed by atoms with Gasteiger partial charge in [-0.15, -0.1) is 20.4 Å². The minimum absolute atomic E-state index is 0.0609. The van der Waals surface area contributed by atoms with E-state index in [0.717, 1.165) is 0 Å². The first-order valence-electron chi connectivity index (χ1n) is 8.65. The Morgan fingerprint density at radius 1 is 0.774 bits per heavy atom. The number of hydrogen-bond donors (Lipinski definition) is 2. The lowest BCUT2D eigenvalue weighted by atomic mass is 9.97.